The van der Waals surface area contributed by atoms with Gasteiger partial charge in [0.05, 0.1) is 4.43 Å². The average Bonchev–Trinajstić information content (AvgIpc) is 2.11. The molecule has 0 aromatic heterocycles. The summed E-state index contributed by atoms with van der Waals surface area (Å²) >= 11 is 1.96. The van der Waals surface area contributed by atoms with Gasteiger partial charge < -0.3 is 16.2 Å². The fourth-order valence-corrected chi connectivity index (χ4v) is 0.990. The molecule has 0 saturated heterocycles. The smallest absolute Gasteiger partial charge is 0.320 e. The van der Waals surface area contributed by atoms with Gasteiger partial charge in [-0.3, -0.25) is 9.59 Å². The molecule has 6 heteroatoms. The maximum Gasteiger partial charge on any atom is 0.320 e. The van der Waals surface area contributed by atoms with Gasteiger partial charge in [0.25, 0.3) is 0 Å². The van der Waals surface area contributed by atoms with E-state index in [1.807, 2.05) is 22.6 Å². The van der Waals surface area contributed by atoms with Gasteiger partial charge in [0.1, 0.15) is 6.04 Å². The lowest BCUT2D eigenvalue weighted by Crippen LogP contribution is -2.32. The largest absolute Gasteiger partial charge is 0.480 e. The molecule has 1 atom stereocenters. The van der Waals surface area contributed by atoms with Crippen molar-refractivity contribution < 1.29 is 14.7 Å². The number of nitrogens with one attached hydrogen (secondary N) is 1. The third-order valence-electron chi connectivity index (χ3n) is 1.45. The van der Waals surface area contributed by atoms with Crippen LogP contribution in [-0.2, 0) is 9.59 Å². The minimum absolute atomic E-state index is 0.0375. The number of alkyl halides is 1. The fraction of sp³-hybridized carbons (Fsp3) is 0.714. The summed E-state index contributed by atoms with van der Waals surface area (Å²) in [6.45, 7) is 0.489. The summed E-state index contributed by atoms with van der Waals surface area (Å²) < 4.78 is 0.419. The zero-order valence-corrected chi connectivity index (χ0v) is 9.28. The topological polar surface area (TPSA) is 92.4 Å². The molecular weight excluding hydrogens is 287 g/mol. The van der Waals surface area contributed by atoms with Crippen molar-refractivity contribution in [2.75, 3.05) is 11.0 Å². The monoisotopic (exact) mass is 300 g/mol. The number of carboxylic acids is 1. The van der Waals surface area contributed by atoms with E-state index in [1.165, 1.54) is 0 Å². The van der Waals surface area contributed by atoms with Crippen molar-refractivity contribution in [2.45, 2.75) is 18.9 Å². The third-order valence-corrected chi connectivity index (χ3v) is 2.15. The number of hydrogen-bond donors (Lipinski definition) is 3. The molecular formula is C7H13IN2O3. The van der Waals surface area contributed by atoms with Crippen LogP contribution in [0.15, 0.2) is 0 Å². The first-order valence-electron chi connectivity index (χ1n) is 3.89. The van der Waals surface area contributed by atoms with Crippen molar-refractivity contribution >= 4 is 34.5 Å². The molecule has 0 radical (unpaired) electrons. The van der Waals surface area contributed by atoms with Crippen LogP contribution in [0.4, 0.5) is 0 Å². The van der Waals surface area contributed by atoms with Gasteiger partial charge in [0.15, 0.2) is 0 Å². The van der Waals surface area contributed by atoms with Crippen molar-refractivity contribution in [1.82, 2.24) is 5.32 Å². The molecule has 0 aliphatic rings. The van der Waals surface area contributed by atoms with Gasteiger partial charge in [-0.2, -0.15) is 0 Å². The second kappa shape index (κ2) is 7.07. The van der Waals surface area contributed by atoms with Crippen molar-refractivity contribution in [2.24, 2.45) is 5.73 Å². The van der Waals surface area contributed by atoms with Gasteiger partial charge in [0.2, 0.25) is 5.91 Å². The number of carboxylic acid groups (broad SMARTS) is 1. The predicted molar refractivity (Wildman–Crippen MR) is 56.7 cm³/mol. The van der Waals surface area contributed by atoms with Crippen LogP contribution in [0.1, 0.15) is 12.8 Å². The molecule has 0 saturated carbocycles. The molecule has 1 unspecified atom stereocenters. The summed E-state index contributed by atoms with van der Waals surface area (Å²) in [5.41, 5.74) is 5.25. The van der Waals surface area contributed by atoms with E-state index in [0.717, 1.165) is 0 Å². The molecule has 0 fully saturated rings. The molecule has 1 amide bonds. The Labute approximate surface area is 90.2 Å². The summed E-state index contributed by atoms with van der Waals surface area (Å²) in [5.74, 6) is -1.04. The van der Waals surface area contributed by atoms with E-state index >= 15 is 0 Å². The van der Waals surface area contributed by atoms with Crippen LogP contribution >= 0.6 is 22.6 Å². The molecule has 0 aromatic carbocycles. The second-order valence-corrected chi connectivity index (χ2v) is 3.33. The van der Waals surface area contributed by atoms with Gasteiger partial charge >= 0.3 is 5.97 Å². The number of nitrogens with two attached hydrogens (primary N) is 1. The lowest BCUT2D eigenvalue weighted by Gasteiger charge is -2.06. The van der Waals surface area contributed by atoms with E-state index < -0.39 is 12.0 Å². The van der Waals surface area contributed by atoms with Gasteiger partial charge in [-0.25, -0.2) is 0 Å². The van der Waals surface area contributed by atoms with Crippen molar-refractivity contribution in [3.05, 3.63) is 0 Å². The van der Waals surface area contributed by atoms with Crippen LogP contribution in [0.3, 0.4) is 0 Å². The Morgan fingerprint density at radius 3 is 2.62 bits per heavy atom. The van der Waals surface area contributed by atoms with Crippen LogP contribution < -0.4 is 11.1 Å². The Morgan fingerprint density at radius 2 is 2.15 bits per heavy atom. The lowest BCUT2D eigenvalue weighted by atomic mass is 10.2. The number of amides is 1. The molecule has 4 N–H and O–H groups in total. The van der Waals surface area contributed by atoms with Crippen molar-refractivity contribution in [3.63, 3.8) is 0 Å². The highest BCUT2D eigenvalue weighted by Gasteiger charge is 2.10. The van der Waals surface area contributed by atoms with Gasteiger partial charge in [-0.1, -0.05) is 22.6 Å². The Bertz CT molecular complexity index is 187. The zero-order valence-electron chi connectivity index (χ0n) is 7.12. The number of rotatable bonds is 6. The first-order valence-corrected chi connectivity index (χ1v) is 5.41. The Kier molecular flexibility index (Phi) is 6.87. The quantitative estimate of drug-likeness (QED) is 0.358. The minimum Gasteiger partial charge on any atom is -0.480 e. The number of aliphatic carboxylic acids is 1. The van der Waals surface area contributed by atoms with E-state index in [4.69, 9.17) is 10.8 Å². The third kappa shape index (κ3) is 6.76. The van der Waals surface area contributed by atoms with Crippen LogP contribution in [-0.4, -0.2) is 34.0 Å². The van der Waals surface area contributed by atoms with Crippen molar-refractivity contribution in [1.29, 1.82) is 0 Å². The molecule has 76 valence electrons. The van der Waals surface area contributed by atoms with E-state index in [0.29, 0.717) is 23.8 Å². The number of carbonyl (C=O) groups excluding carboxylic acids is 1. The molecule has 0 bridgehead atoms. The summed E-state index contributed by atoms with van der Waals surface area (Å²) in [5, 5.41) is 11.1. The summed E-state index contributed by atoms with van der Waals surface area (Å²) in [6, 6.07) is -0.823. The summed E-state index contributed by atoms with van der Waals surface area (Å²) in [4.78, 5) is 21.0. The van der Waals surface area contributed by atoms with Gasteiger partial charge in [-0.05, 0) is 12.8 Å². The van der Waals surface area contributed by atoms with E-state index in [2.05, 4.69) is 5.32 Å². The van der Waals surface area contributed by atoms with E-state index in [9.17, 15) is 9.59 Å². The highest BCUT2D eigenvalue weighted by atomic mass is 127. The predicted octanol–water partition coefficient (Wildman–Crippen LogP) is -0.270. The standard InChI is InChI=1S/C7H13IN2O3/c8-4-6(11)10-3-1-2-5(9)7(12)13/h5H,1-4,9H2,(H,10,11)(H,12,13). The van der Waals surface area contributed by atoms with Crippen LogP contribution in [0.5, 0.6) is 0 Å². The second-order valence-electron chi connectivity index (χ2n) is 2.57. The maximum absolute atomic E-state index is 10.7. The molecule has 0 heterocycles. The van der Waals surface area contributed by atoms with E-state index in [1.54, 1.807) is 0 Å². The average molecular weight is 300 g/mol. The van der Waals surface area contributed by atoms with Gasteiger partial charge in [-0.15, -0.1) is 0 Å². The fourth-order valence-electron chi connectivity index (χ4n) is 0.721. The Balaban J connectivity index is 3.35. The minimum atomic E-state index is -1.000. The Morgan fingerprint density at radius 1 is 1.54 bits per heavy atom. The molecule has 0 rings (SSSR count). The molecule has 0 spiro atoms. The number of hydrogen-bond acceptors (Lipinski definition) is 3. The Hall–Kier alpha value is -0.370. The molecule has 0 aliphatic heterocycles. The first kappa shape index (κ1) is 12.6. The molecule has 5 nitrogen and oxygen atoms in total. The number of halogens is 1. The van der Waals surface area contributed by atoms with Crippen LogP contribution in [0, 0.1) is 0 Å². The molecule has 0 aliphatic carbocycles. The van der Waals surface area contributed by atoms with E-state index in [-0.39, 0.29) is 5.91 Å². The maximum atomic E-state index is 10.7. The number of carbonyl (C=O) groups is 2. The highest BCUT2D eigenvalue weighted by Crippen LogP contribution is 1.93. The lowest BCUT2D eigenvalue weighted by molar-refractivity contribution is -0.138. The highest BCUT2D eigenvalue weighted by molar-refractivity contribution is 14.1. The molecule has 0 aromatic rings. The van der Waals surface area contributed by atoms with Crippen LogP contribution in [0.2, 0.25) is 0 Å². The molecule has 13 heavy (non-hydrogen) atoms. The van der Waals surface area contributed by atoms with Crippen LogP contribution in [0.25, 0.3) is 0 Å². The SMILES string of the molecule is NC(CCCNC(=O)CI)C(=O)O. The summed E-state index contributed by atoms with van der Waals surface area (Å²) in [7, 11) is 0. The van der Waals surface area contributed by atoms with Gasteiger partial charge in [0, 0.05) is 6.54 Å². The first-order chi connectivity index (χ1) is 6.07. The van der Waals surface area contributed by atoms with Crippen molar-refractivity contribution in [3.8, 4) is 0 Å². The summed E-state index contributed by atoms with van der Waals surface area (Å²) in [6.07, 6.45) is 0.979. The zero-order chi connectivity index (χ0) is 10.3. The normalized spacial score (nSPS) is 12.2.